The number of nitrogens with one attached hydrogen (secondary N) is 2. The second kappa shape index (κ2) is 8.96. The number of halogens is 1. The fourth-order valence-electron chi connectivity index (χ4n) is 2.72. The minimum Gasteiger partial charge on any atom is -0.332 e. The normalized spacial score (nSPS) is 14.9. The maximum Gasteiger partial charge on any atom is 0.277 e. The number of hydrogen-bond donors (Lipinski definition) is 2. The number of amides is 3. The average Bonchev–Trinajstić information content (AvgIpc) is 2.57. The molecule has 0 aromatic heterocycles. The second-order valence-corrected chi connectivity index (χ2v) is 7.07. The van der Waals surface area contributed by atoms with Gasteiger partial charge in [-0.2, -0.15) is 0 Å². The van der Waals surface area contributed by atoms with E-state index in [1.807, 2.05) is 18.2 Å². The van der Waals surface area contributed by atoms with Gasteiger partial charge < -0.3 is 20.0 Å². The monoisotopic (exact) mass is 411 g/mol. The van der Waals surface area contributed by atoms with Crippen LogP contribution in [0.4, 0.5) is 5.69 Å². The minimum absolute atomic E-state index is 0.00696. The third-order valence-corrected chi connectivity index (χ3v) is 4.96. The lowest BCUT2D eigenvalue weighted by molar-refractivity contribution is -0.896. The molecule has 7 nitrogen and oxygen atoms in total. The van der Waals surface area contributed by atoms with Crippen molar-refractivity contribution in [2.75, 3.05) is 51.6 Å². The first-order chi connectivity index (χ1) is 11.9. The lowest BCUT2D eigenvalue weighted by Gasteiger charge is -2.31. The number of nitrogens with zero attached hydrogens (tertiary/aromatic N) is 2. The first-order valence-corrected chi connectivity index (χ1v) is 9.03. The summed E-state index contributed by atoms with van der Waals surface area (Å²) < 4.78 is 0.796. The number of piperazine rings is 1. The highest BCUT2D eigenvalue weighted by atomic mass is 79.9. The summed E-state index contributed by atoms with van der Waals surface area (Å²) in [5.74, 6) is -0.237. The van der Waals surface area contributed by atoms with Crippen molar-refractivity contribution < 1.29 is 19.3 Å². The third-order valence-electron chi connectivity index (χ3n) is 4.27. The molecular weight excluding hydrogens is 388 g/mol. The second-order valence-electron chi connectivity index (χ2n) is 6.21. The van der Waals surface area contributed by atoms with E-state index >= 15 is 0 Å². The van der Waals surface area contributed by atoms with Gasteiger partial charge in [0.25, 0.3) is 5.91 Å². The number of hydrogen-bond acceptors (Lipinski definition) is 3. The molecule has 1 aliphatic rings. The van der Waals surface area contributed by atoms with E-state index in [4.69, 9.17) is 0 Å². The molecule has 0 aliphatic carbocycles. The molecule has 0 radical (unpaired) electrons. The topological polar surface area (TPSA) is 74.2 Å². The summed E-state index contributed by atoms with van der Waals surface area (Å²) in [5, 5.41) is 2.79. The SMILES string of the molecule is CC(=O)N1CC[NH+](CC(=O)N(C)CC(=O)Nc2ccccc2Br)CC1. The number of anilines is 1. The molecule has 1 aromatic rings. The van der Waals surface area contributed by atoms with Crippen LogP contribution in [0.1, 0.15) is 6.92 Å². The van der Waals surface area contributed by atoms with Crippen LogP contribution < -0.4 is 10.2 Å². The van der Waals surface area contributed by atoms with Crippen molar-refractivity contribution in [3.05, 3.63) is 28.7 Å². The molecule has 1 aromatic carbocycles. The summed E-state index contributed by atoms with van der Waals surface area (Å²) in [6, 6.07) is 7.33. The van der Waals surface area contributed by atoms with E-state index in [1.54, 1.807) is 24.9 Å². The van der Waals surface area contributed by atoms with Crippen LogP contribution >= 0.6 is 15.9 Å². The highest BCUT2D eigenvalue weighted by molar-refractivity contribution is 9.10. The molecule has 1 fully saturated rings. The number of likely N-dealkylation sites (N-methyl/N-ethyl adjacent to an activating group) is 1. The Hall–Kier alpha value is -1.93. The third kappa shape index (κ3) is 5.82. The van der Waals surface area contributed by atoms with Gasteiger partial charge in [0.1, 0.15) is 0 Å². The van der Waals surface area contributed by atoms with Gasteiger partial charge >= 0.3 is 0 Å². The van der Waals surface area contributed by atoms with Gasteiger partial charge in [-0.3, -0.25) is 14.4 Å². The Kier molecular flexibility index (Phi) is 6.95. The van der Waals surface area contributed by atoms with Crippen molar-refractivity contribution in [1.29, 1.82) is 0 Å². The van der Waals surface area contributed by atoms with E-state index in [0.717, 1.165) is 22.5 Å². The first-order valence-electron chi connectivity index (χ1n) is 8.24. The van der Waals surface area contributed by atoms with Gasteiger partial charge in [0.15, 0.2) is 6.54 Å². The maximum atomic E-state index is 12.3. The zero-order chi connectivity index (χ0) is 18.4. The number of benzene rings is 1. The van der Waals surface area contributed by atoms with Crippen molar-refractivity contribution >= 4 is 39.3 Å². The van der Waals surface area contributed by atoms with Crippen molar-refractivity contribution in [3.63, 3.8) is 0 Å². The highest BCUT2D eigenvalue weighted by Gasteiger charge is 2.25. The Labute approximate surface area is 156 Å². The minimum atomic E-state index is -0.237. The van der Waals surface area contributed by atoms with E-state index in [1.165, 1.54) is 4.90 Å². The Morgan fingerprint density at radius 3 is 2.48 bits per heavy atom. The quantitative estimate of drug-likeness (QED) is 0.691. The summed E-state index contributed by atoms with van der Waals surface area (Å²) in [6.07, 6.45) is 0. The number of carbonyl (C=O) groups excluding carboxylic acids is 3. The maximum absolute atomic E-state index is 12.3. The van der Waals surface area contributed by atoms with E-state index in [0.29, 0.717) is 25.3 Å². The summed E-state index contributed by atoms with van der Waals surface area (Å²) >= 11 is 3.37. The molecule has 2 rings (SSSR count). The average molecular weight is 412 g/mol. The zero-order valence-electron chi connectivity index (χ0n) is 14.5. The summed E-state index contributed by atoms with van der Waals surface area (Å²) in [5.41, 5.74) is 0.680. The van der Waals surface area contributed by atoms with Crippen molar-refractivity contribution in [2.45, 2.75) is 6.92 Å². The number of rotatable bonds is 5. The van der Waals surface area contributed by atoms with Crippen LogP contribution in [0.15, 0.2) is 28.7 Å². The van der Waals surface area contributed by atoms with Crippen LogP contribution in [0.2, 0.25) is 0 Å². The van der Waals surface area contributed by atoms with Gasteiger partial charge in [-0.05, 0) is 28.1 Å². The first kappa shape index (κ1) is 19.4. The zero-order valence-corrected chi connectivity index (χ0v) is 16.1. The molecule has 25 heavy (non-hydrogen) atoms. The molecule has 136 valence electrons. The number of para-hydroxylation sites is 1. The smallest absolute Gasteiger partial charge is 0.277 e. The van der Waals surface area contributed by atoms with Crippen LogP contribution in [-0.2, 0) is 14.4 Å². The van der Waals surface area contributed by atoms with Crippen molar-refractivity contribution in [2.24, 2.45) is 0 Å². The largest absolute Gasteiger partial charge is 0.332 e. The van der Waals surface area contributed by atoms with Gasteiger partial charge in [0.2, 0.25) is 11.8 Å². The Balaban J connectivity index is 1.77. The van der Waals surface area contributed by atoms with Crippen LogP contribution in [0, 0.1) is 0 Å². The molecule has 3 amide bonds. The highest BCUT2D eigenvalue weighted by Crippen LogP contribution is 2.20. The van der Waals surface area contributed by atoms with Crippen LogP contribution in [0.25, 0.3) is 0 Å². The van der Waals surface area contributed by atoms with Crippen molar-refractivity contribution in [1.82, 2.24) is 9.80 Å². The molecule has 1 saturated heterocycles. The number of carbonyl (C=O) groups is 3. The lowest BCUT2D eigenvalue weighted by Crippen LogP contribution is -3.15. The van der Waals surface area contributed by atoms with Crippen LogP contribution in [-0.4, -0.2) is 73.8 Å². The standard InChI is InChI=1S/C17H23BrN4O3/c1-13(23)22-9-7-21(8-10-22)12-17(25)20(2)11-16(24)19-15-6-4-3-5-14(15)18/h3-6H,7-12H2,1-2H3,(H,19,24)/p+1. The van der Waals surface area contributed by atoms with Crippen molar-refractivity contribution in [3.8, 4) is 0 Å². The molecule has 1 aliphatic heterocycles. The van der Waals surface area contributed by atoms with Gasteiger partial charge in [0.05, 0.1) is 38.4 Å². The van der Waals surface area contributed by atoms with Gasteiger partial charge in [-0.25, -0.2) is 0 Å². The molecular formula is C17H24BrN4O3+. The Morgan fingerprint density at radius 1 is 1.24 bits per heavy atom. The van der Waals surface area contributed by atoms with E-state index in [2.05, 4.69) is 21.2 Å². The Morgan fingerprint density at radius 2 is 1.88 bits per heavy atom. The Bertz CT molecular complexity index is 645. The lowest BCUT2D eigenvalue weighted by atomic mass is 10.3. The van der Waals surface area contributed by atoms with Gasteiger partial charge in [-0.1, -0.05) is 12.1 Å². The van der Waals surface area contributed by atoms with E-state index in [9.17, 15) is 14.4 Å². The molecule has 8 heteroatoms. The molecule has 0 atom stereocenters. The van der Waals surface area contributed by atoms with Crippen LogP contribution in [0.5, 0.6) is 0 Å². The predicted molar refractivity (Wildman–Crippen MR) is 98.2 cm³/mol. The predicted octanol–water partition coefficient (Wildman–Crippen LogP) is -0.407. The summed E-state index contributed by atoms with van der Waals surface area (Å²) in [6.45, 7) is 4.75. The van der Waals surface area contributed by atoms with Crippen LogP contribution in [0.3, 0.4) is 0 Å². The summed E-state index contributed by atoms with van der Waals surface area (Å²) in [7, 11) is 1.63. The molecule has 0 bridgehead atoms. The molecule has 0 unspecified atom stereocenters. The molecule has 2 N–H and O–H groups in total. The van der Waals surface area contributed by atoms with E-state index < -0.39 is 0 Å². The number of quaternary nitrogens is 1. The molecule has 0 spiro atoms. The fourth-order valence-corrected chi connectivity index (χ4v) is 3.10. The van der Waals surface area contributed by atoms with E-state index in [-0.39, 0.29) is 24.3 Å². The van der Waals surface area contributed by atoms with Gasteiger partial charge in [0, 0.05) is 18.4 Å². The summed E-state index contributed by atoms with van der Waals surface area (Å²) in [4.78, 5) is 40.1. The molecule has 1 heterocycles. The van der Waals surface area contributed by atoms with Gasteiger partial charge in [-0.15, -0.1) is 0 Å². The molecule has 0 saturated carbocycles. The fraction of sp³-hybridized carbons (Fsp3) is 0.471.